The highest BCUT2D eigenvalue weighted by Gasteiger charge is 2.12. The van der Waals surface area contributed by atoms with E-state index in [0.29, 0.717) is 11.4 Å². The van der Waals surface area contributed by atoms with E-state index in [1.165, 1.54) is 18.2 Å². The van der Waals surface area contributed by atoms with E-state index in [0.717, 1.165) is 0 Å². The fourth-order valence-electron chi connectivity index (χ4n) is 1.53. The summed E-state index contributed by atoms with van der Waals surface area (Å²) in [7, 11) is 0. The van der Waals surface area contributed by atoms with Gasteiger partial charge in [0.2, 0.25) is 0 Å². The maximum Gasteiger partial charge on any atom is 0.252 e. The minimum atomic E-state index is -0.797. The Morgan fingerprint density at radius 1 is 0.652 bits per heavy atom. The van der Waals surface area contributed by atoms with Gasteiger partial charge in [-0.05, 0) is 71.2 Å². The molecule has 0 heterocycles. The van der Waals surface area contributed by atoms with Gasteiger partial charge < -0.3 is 11.5 Å². The van der Waals surface area contributed by atoms with E-state index in [1.807, 2.05) is 6.07 Å². The lowest BCUT2D eigenvalue weighted by Crippen LogP contribution is -2.00. The summed E-state index contributed by atoms with van der Waals surface area (Å²) >= 11 is 15.6. The van der Waals surface area contributed by atoms with Crippen molar-refractivity contribution >= 4 is 61.9 Å². The van der Waals surface area contributed by atoms with Crippen molar-refractivity contribution in [2.24, 2.45) is 0 Å². The molecule has 0 spiro atoms. The Labute approximate surface area is 147 Å². The number of anilines is 2. The van der Waals surface area contributed by atoms with Crippen LogP contribution in [0.25, 0.3) is 0 Å². The second kappa shape index (κ2) is 8.53. The standard InChI is InChI=1S/C9H3Cl3O3.C6H8N2/c10-7(13)4-1-5(8(11)14)3-6(2-4)9(12)15;7-5-2-1-3-6(8)4-5/h1-3H;1-4H,7-8H2. The maximum absolute atomic E-state index is 10.9. The normalized spacial score (nSPS) is 9.52. The number of hydrogen-bond acceptors (Lipinski definition) is 5. The van der Waals surface area contributed by atoms with Gasteiger partial charge in [-0.1, -0.05) is 6.07 Å². The lowest BCUT2D eigenvalue weighted by molar-refractivity contribution is 0.108. The third kappa shape index (κ3) is 6.28. The van der Waals surface area contributed by atoms with Gasteiger partial charge in [0.1, 0.15) is 0 Å². The van der Waals surface area contributed by atoms with Crippen LogP contribution in [-0.2, 0) is 0 Å². The van der Waals surface area contributed by atoms with Crippen LogP contribution in [0.3, 0.4) is 0 Å². The van der Waals surface area contributed by atoms with Crippen LogP contribution in [0.15, 0.2) is 42.5 Å². The Kier molecular flexibility index (Phi) is 7.03. The fraction of sp³-hybridized carbons (Fsp3) is 0. The SMILES string of the molecule is Nc1cccc(N)c1.O=C(Cl)c1cc(C(=O)Cl)cc(C(=O)Cl)c1. The van der Waals surface area contributed by atoms with Crippen LogP contribution < -0.4 is 11.5 Å². The summed E-state index contributed by atoms with van der Waals surface area (Å²) in [6.45, 7) is 0. The predicted molar refractivity (Wildman–Crippen MR) is 92.3 cm³/mol. The molecule has 0 saturated heterocycles. The van der Waals surface area contributed by atoms with Gasteiger partial charge in [-0.3, -0.25) is 14.4 Å². The van der Waals surface area contributed by atoms with Crippen LogP contribution in [0, 0.1) is 0 Å². The summed E-state index contributed by atoms with van der Waals surface area (Å²) in [4.78, 5) is 32.6. The van der Waals surface area contributed by atoms with Crippen LogP contribution in [0.2, 0.25) is 0 Å². The Hall–Kier alpha value is -2.08. The van der Waals surface area contributed by atoms with Crippen LogP contribution >= 0.6 is 34.8 Å². The number of benzene rings is 2. The molecule has 0 aliphatic rings. The van der Waals surface area contributed by atoms with Crippen molar-refractivity contribution in [1.82, 2.24) is 0 Å². The van der Waals surface area contributed by atoms with Crippen molar-refractivity contribution in [1.29, 1.82) is 0 Å². The first kappa shape index (κ1) is 19.0. The Bertz CT molecular complexity index is 667. The smallest absolute Gasteiger partial charge is 0.252 e. The number of carbonyl (C=O) groups is 3. The molecule has 2 aromatic rings. The molecule has 2 aromatic carbocycles. The molecule has 0 aliphatic carbocycles. The van der Waals surface area contributed by atoms with Crippen molar-refractivity contribution in [3.63, 3.8) is 0 Å². The third-order valence-electron chi connectivity index (χ3n) is 2.52. The van der Waals surface area contributed by atoms with Gasteiger partial charge in [0.15, 0.2) is 0 Å². The van der Waals surface area contributed by atoms with E-state index in [1.54, 1.807) is 18.2 Å². The van der Waals surface area contributed by atoms with E-state index >= 15 is 0 Å². The maximum atomic E-state index is 10.9. The number of hydrogen-bond donors (Lipinski definition) is 2. The first-order chi connectivity index (χ1) is 10.7. The van der Waals surface area contributed by atoms with Crippen LogP contribution in [0.4, 0.5) is 11.4 Å². The number of rotatable bonds is 3. The molecule has 0 amide bonds. The summed E-state index contributed by atoms with van der Waals surface area (Å²) < 4.78 is 0. The first-order valence-electron chi connectivity index (χ1n) is 6.06. The largest absolute Gasteiger partial charge is 0.399 e. The van der Waals surface area contributed by atoms with Crippen LogP contribution in [0.1, 0.15) is 31.1 Å². The third-order valence-corrected chi connectivity index (χ3v) is 3.18. The van der Waals surface area contributed by atoms with E-state index < -0.39 is 15.7 Å². The highest BCUT2D eigenvalue weighted by Crippen LogP contribution is 2.16. The zero-order valence-electron chi connectivity index (χ0n) is 11.6. The molecular weight excluding hydrogens is 363 g/mol. The Morgan fingerprint density at radius 2 is 0.957 bits per heavy atom. The molecule has 0 aromatic heterocycles. The molecule has 0 fully saturated rings. The van der Waals surface area contributed by atoms with Crippen LogP contribution in [0.5, 0.6) is 0 Å². The van der Waals surface area contributed by atoms with Gasteiger partial charge in [-0.15, -0.1) is 0 Å². The average molecular weight is 374 g/mol. The van der Waals surface area contributed by atoms with Gasteiger partial charge in [-0.2, -0.15) is 0 Å². The molecule has 0 bridgehead atoms. The van der Waals surface area contributed by atoms with E-state index in [2.05, 4.69) is 0 Å². The molecule has 2 rings (SSSR count). The van der Waals surface area contributed by atoms with Gasteiger partial charge >= 0.3 is 0 Å². The number of halogens is 3. The topological polar surface area (TPSA) is 103 Å². The van der Waals surface area contributed by atoms with Gasteiger partial charge in [0.05, 0.1) is 0 Å². The van der Waals surface area contributed by atoms with E-state index in [4.69, 9.17) is 46.3 Å². The monoisotopic (exact) mass is 372 g/mol. The molecule has 5 nitrogen and oxygen atoms in total. The summed E-state index contributed by atoms with van der Waals surface area (Å²) in [5, 5.41) is -2.39. The minimum absolute atomic E-state index is 0.00725. The molecule has 0 unspecified atom stereocenters. The first-order valence-corrected chi connectivity index (χ1v) is 7.19. The quantitative estimate of drug-likeness (QED) is 0.631. The number of carbonyl (C=O) groups excluding carboxylic acids is 3. The highest BCUT2D eigenvalue weighted by molar-refractivity contribution is 6.70. The molecule has 0 atom stereocenters. The predicted octanol–water partition coefficient (Wildman–Crippen LogP) is 3.67. The van der Waals surface area contributed by atoms with Crippen molar-refractivity contribution < 1.29 is 14.4 Å². The zero-order valence-corrected chi connectivity index (χ0v) is 13.8. The van der Waals surface area contributed by atoms with Crippen LogP contribution in [-0.4, -0.2) is 15.7 Å². The van der Waals surface area contributed by atoms with Gasteiger partial charge in [0, 0.05) is 28.1 Å². The molecule has 23 heavy (non-hydrogen) atoms. The van der Waals surface area contributed by atoms with Crippen molar-refractivity contribution in [3.8, 4) is 0 Å². The second-order valence-electron chi connectivity index (χ2n) is 4.29. The lowest BCUT2D eigenvalue weighted by atomic mass is 10.1. The molecule has 8 heteroatoms. The number of nitrogen functional groups attached to an aromatic ring is 2. The van der Waals surface area contributed by atoms with Gasteiger partial charge in [-0.25, -0.2) is 0 Å². The van der Waals surface area contributed by atoms with Crippen molar-refractivity contribution in [2.45, 2.75) is 0 Å². The minimum Gasteiger partial charge on any atom is -0.399 e. The Morgan fingerprint density at radius 3 is 1.13 bits per heavy atom. The highest BCUT2D eigenvalue weighted by atomic mass is 35.5. The lowest BCUT2D eigenvalue weighted by Gasteiger charge is -2.00. The fourth-order valence-corrected chi connectivity index (χ4v) is 1.85. The summed E-state index contributed by atoms with van der Waals surface area (Å²) in [5.74, 6) is 0. The molecule has 120 valence electrons. The molecule has 0 saturated carbocycles. The molecular formula is C15H11Cl3N2O3. The van der Waals surface area contributed by atoms with Crippen molar-refractivity contribution in [2.75, 3.05) is 11.5 Å². The van der Waals surface area contributed by atoms with E-state index in [9.17, 15) is 14.4 Å². The van der Waals surface area contributed by atoms with Crippen molar-refractivity contribution in [3.05, 3.63) is 59.2 Å². The summed E-state index contributed by atoms with van der Waals surface area (Å²) in [6.07, 6.45) is 0. The molecule has 0 radical (unpaired) electrons. The second-order valence-corrected chi connectivity index (χ2v) is 5.32. The average Bonchev–Trinajstić information content (AvgIpc) is 2.47. The summed E-state index contributed by atoms with van der Waals surface area (Å²) in [5.41, 5.74) is 12.2. The number of nitrogens with two attached hydrogens (primary N) is 2. The molecule has 0 aliphatic heterocycles. The van der Waals surface area contributed by atoms with E-state index in [-0.39, 0.29) is 16.7 Å². The Balaban J connectivity index is 0.000000277. The summed E-state index contributed by atoms with van der Waals surface area (Å²) in [6, 6.07) is 10.7. The zero-order chi connectivity index (χ0) is 17.6. The molecule has 4 N–H and O–H groups in total. The van der Waals surface area contributed by atoms with Gasteiger partial charge in [0.25, 0.3) is 15.7 Å².